The predicted molar refractivity (Wildman–Crippen MR) is 52.2 cm³/mol. The topological polar surface area (TPSA) is 21.3 Å². The maximum Gasteiger partial charge on any atom is 0.387 e. The molecule has 0 atom stereocenters. The number of anilines is 1. The molecular formula is C10H12F3NO. The fraction of sp³-hybridized carbons (Fsp3) is 0.400. The Morgan fingerprint density at radius 1 is 1.20 bits per heavy atom. The van der Waals surface area contributed by atoms with Gasteiger partial charge < -0.3 is 10.1 Å². The highest BCUT2D eigenvalue weighted by molar-refractivity contribution is 5.46. The lowest BCUT2D eigenvalue weighted by atomic mass is 10.3. The first kappa shape index (κ1) is 11.7. The van der Waals surface area contributed by atoms with Crippen molar-refractivity contribution in [1.29, 1.82) is 0 Å². The molecule has 1 N–H and O–H groups in total. The van der Waals surface area contributed by atoms with Gasteiger partial charge in [-0.15, -0.1) is 0 Å². The number of benzene rings is 1. The number of hydrogen-bond donors (Lipinski definition) is 1. The van der Waals surface area contributed by atoms with Gasteiger partial charge in [0.2, 0.25) is 0 Å². The number of ether oxygens (including phenoxy) is 1. The maximum absolute atomic E-state index is 11.8. The second-order valence-corrected chi connectivity index (χ2v) is 2.87. The molecule has 2 nitrogen and oxygen atoms in total. The lowest BCUT2D eigenvalue weighted by Gasteiger charge is -2.07. The van der Waals surface area contributed by atoms with E-state index in [0.717, 1.165) is 5.69 Å². The van der Waals surface area contributed by atoms with E-state index in [1.165, 1.54) is 12.1 Å². The Balaban J connectivity index is 2.42. The molecule has 0 spiro atoms. The van der Waals surface area contributed by atoms with Crippen molar-refractivity contribution in [2.45, 2.75) is 13.0 Å². The molecule has 0 aliphatic heterocycles. The second kappa shape index (κ2) is 6.16. The second-order valence-electron chi connectivity index (χ2n) is 2.87. The minimum Gasteiger partial charge on any atom is -0.435 e. The Labute approximate surface area is 86.1 Å². The summed E-state index contributed by atoms with van der Waals surface area (Å²) in [5, 5.41) is 2.94. The van der Waals surface area contributed by atoms with Crippen LogP contribution in [0.2, 0.25) is 0 Å². The third kappa shape index (κ3) is 4.58. The van der Waals surface area contributed by atoms with Crippen LogP contribution in [-0.4, -0.2) is 19.8 Å². The maximum atomic E-state index is 11.8. The van der Waals surface area contributed by atoms with Gasteiger partial charge in [0.05, 0.1) is 6.67 Å². The molecule has 1 rings (SSSR count). The van der Waals surface area contributed by atoms with Crippen LogP contribution in [0.5, 0.6) is 5.75 Å². The van der Waals surface area contributed by atoms with Crippen molar-refractivity contribution in [3.05, 3.63) is 24.3 Å². The lowest BCUT2D eigenvalue weighted by molar-refractivity contribution is -0.0498. The quantitative estimate of drug-likeness (QED) is 0.742. The zero-order valence-corrected chi connectivity index (χ0v) is 8.05. The van der Waals surface area contributed by atoms with E-state index in [4.69, 9.17) is 0 Å². The van der Waals surface area contributed by atoms with Crippen LogP contribution in [0.4, 0.5) is 18.9 Å². The molecule has 0 unspecified atom stereocenters. The Morgan fingerprint density at radius 2 is 1.87 bits per heavy atom. The molecule has 0 saturated heterocycles. The predicted octanol–water partition coefficient (Wildman–Crippen LogP) is 3.06. The number of halogens is 3. The molecule has 0 saturated carbocycles. The van der Waals surface area contributed by atoms with Crippen LogP contribution in [0, 0.1) is 0 Å². The highest BCUT2D eigenvalue weighted by Gasteiger charge is 2.03. The average molecular weight is 219 g/mol. The summed E-state index contributed by atoms with van der Waals surface area (Å²) in [6.45, 7) is -2.67. The van der Waals surface area contributed by atoms with E-state index >= 15 is 0 Å². The Morgan fingerprint density at radius 3 is 2.40 bits per heavy atom. The number of nitrogens with one attached hydrogen (secondary N) is 1. The number of rotatable bonds is 6. The van der Waals surface area contributed by atoms with Crippen molar-refractivity contribution in [2.75, 3.05) is 18.5 Å². The van der Waals surface area contributed by atoms with E-state index in [1.54, 1.807) is 12.1 Å². The molecule has 0 amide bonds. The number of alkyl halides is 3. The Bertz CT molecular complexity index is 277. The summed E-state index contributed by atoms with van der Waals surface area (Å²) >= 11 is 0. The van der Waals surface area contributed by atoms with Crippen molar-refractivity contribution in [3.8, 4) is 5.75 Å². The van der Waals surface area contributed by atoms with Gasteiger partial charge in [-0.3, -0.25) is 4.39 Å². The minimum absolute atomic E-state index is 0.112. The van der Waals surface area contributed by atoms with Gasteiger partial charge in [0.25, 0.3) is 0 Å². The van der Waals surface area contributed by atoms with Gasteiger partial charge >= 0.3 is 6.61 Å². The van der Waals surface area contributed by atoms with Crippen LogP contribution in [0.25, 0.3) is 0 Å². The third-order valence-electron chi connectivity index (χ3n) is 1.72. The Kier molecular flexibility index (Phi) is 4.80. The highest BCUT2D eigenvalue weighted by Crippen LogP contribution is 2.17. The largest absolute Gasteiger partial charge is 0.435 e. The first-order chi connectivity index (χ1) is 7.22. The fourth-order valence-electron chi connectivity index (χ4n) is 1.05. The standard InChI is InChI=1S/C10H12F3NO/c11-6-1-7-14-8-2-4-9(5-3-8)15-10(12)13/h2-5,10,14H,1,6-7H2. The highest BCUT2D eigenvalue weighted by atomic mass is 19.3. The Hall–Kier alpha value is -1.39. The SMILES string of the molecule is FCCCNc1ccc(OC(F)F)cc1. The zero-order valence-electron chi connectivity index (χ0n) is 8.05. The molecule has 1 aromatic rings. The summed E-state index contributed by atoms with van der Waals surface area (Å²) in [6.07, 6.45) is 0.426. The summed E-state index contributed by atoms with van der Waals surface area (Å²) in [5.74, 6) is 0.112. The van der Waals surface area contributed by atoms with Crippen molar-refractivity contribution in [2.24, 2.45) is 0 Å². The van der Waals surface area contributed by atoms with E-state index < -0.39 is 6.61 Å². The summed E-state index contributed by atoms with van der Waals surface area (Å²) in [5.41, 5.74) is 0.755. The molecule has 0 aliphatic carbocycles. The monoisotopic (exact) mass is 219 g/mol. The summed E-state index contributed by atoms with van der Waals surface area (Å²) in [4.78, 5) is 0. The molecule has 0 radical (unpaired) electrons. The van der Waals surface area contributed by atoms with Crippen LogP contribution < -0.4 is 10.1 Å². The zero-order chi connectivity index (χ0) is 11.1. The summed E-state index contributed by atoms with van der Waals surface area (Å²) in [7, 11) is 0. The van der Waals surface area contributed by atoms with Gasteiger partial charge in [-0.1, -0.05) is 0 Å². The smallest absolute Gasteiger partial charge is 0.387 e. The molecule has 0 fully saturated rings. The molecule has 15 heavy (non-hydrogen) atoms. The van der Waals surface area contributed by atoms with Gasteiger partial charge in [0.15, 0.2) is 0 Å². The van der Waals surface area contributed by atoms with Crippen LogP contribution in [-0.2, 0) is 0 Å². The normalized spacial score (nSPS) is 10.4. The molecule has 0 aliphatic rings. The van der Waals surface area contributed by atoms with Gasteiger partial charge in [-0.25, -0.2) is 0 Å². The summed E-state index contributed by atoms with van der Waals surface area (Å²) in [6, 6.07) is 6.08. The lowest BCUT2D eigenvalue weighted by Crippen LogP contribution is -2.03. The molecule has 0 bridgehead atoms. The van der Waals surface area contributed by atoms with E-state index in [2.05, 4.69) is 10.1 Å². The molecule has 84 valence electrons. The van der Waals surface area contributed by atoms with Crippen molar-refractivity contribution >= 4 is 5.69 Å². The van der Waals surface area contributed by atoms with E-state index in [0.29, 0.717) is 13.0 Å². The molecule has 0 aromatic heterocycles. The van der Waals surface area contributed by atoms with Gasteiger partial charge in [-0.05, 0) is 30.7 Å². The molecule has 5 heteroatoms. The molecule has 0 heterocycles. The third-order valence-corrected chi connectivity index (χ3v) is 1.72. The van der Waals surface area contributed by atoms with Crippen molar-refractivity contribution < 1.29 is 17.9 Å². The average Bonchev–Trinajstić information content (AvgIpc) is 2.20. The first-order valence-electron chi connectivity index (χ1n) is 4.57. The fourth-order valence-corrected chi connectivity index (χ4v) is 1.05. The van der Waals surface area contributed by atoms with Crippen LogP contribution in [0.1, 0.15) is 6.42 Å². The first-order valence-corrected chi connectivity index (χ1v) is 4.57. The van der Waals surface area contributed by atoms with E-state index in [9.17, 15) is 13.2 Å². The van der Waals surface area contributed by atoms with Gasteiger partial charge in [-0.2, -0.15) is 8.78 Å². The number of hydrogen-bond acceptors (Lipinski definition) is 2. The van der Waals surface area contributed by atoms with Crippen molar-refractivity contribution in [1.82, 2.24) is 0 Å². The van der Waals surface area contributed by atoms with E-state index in [1.807, 2.05) is 0 Å². The van der Waals surface area contributed by atoms with Crippen LogP contribution >= 0.6 is 0 Å². The summed E-state index contributed by atoms with van der Waals surface area (Å²) < 4.78 is 39.5. The molecule has 1 aromatic carbocycles. The van der Waals surface area contributed by atoms with Gasteiger partial charge in [0.1, 0.15) is 5.75 Å². The molecular weight excluding hydrogens is 207 g/mol. The van der Waals surface area contributed by atoms with Crippen molar-refractivity contribution in [3.63, 3.8) is 0 Å². The van der Waals surface area contributed by atoms with E-state index in [-0.39, 0.29) is 12.4 Å². The van der Waals surface area contributed by atoms with Crippen LogP contribution in [0.3, 0.4) is 0 Å². The minimum atomic E-state index is -2.81. The van der Waals surface area contributed by atoms with Gasteiger partial charge in [0, 0.05) is 12.2 Å². The van der Waals surface area contributed by atoms with Crippen LogP contribution in [0.15, 0.2) is 24.3 Å².